The predicted octanol–water partition coefficient (Wildman–Crippen LogP) is 4.76. The Morgan fingerprint density at radius 3 is 2.60 bits per heavy atom. The molecule has 1 aliphatic carbocycles. The van der Waals surface area contributed by atoms with Crippen LogP contribution < -0.4 is 0 Å². The van der Waals surface area contributed by atoms with Crippen molar-refractivity contribution >= 4 is 22.0 Å². The van der Waals surface area contributed by atoms with E-state index in [1.807, 2.05) is 24.3 Å². The largest absolute Gasteiger partial charge is 0.388 e. The molecular formula is C18H17BrO. The first-order chi connectivity index (χ1) is 9.74. The fourth-order valence-corrected chi connectivity index (χ4v) is 3.00. The molecule has 1 nitrogen and oxygen atoms in total. The molecule has 0 bridgehead atoms. The van der Waals surface area contributed by atoms with Gasteiger partial charge < -0.3 is 5.11 Å². The van der Waals surface area contributed by atoms with Crippen molar-refractivity contribution in [3.8, 4) is 0 Å². The van der Waals surface area contributed by atoms with Crippen LogP contribution in [0.25, 0.3) is 6.08 Å². The topological polar surface area (TPSA) is 20.2 Å². The van der Waals surface area contributed by atoms with E-state index in [1.54, 1.807) is 0 Å². The Kier molecular flexibility index (Phi) is 4.04. The van der Waals surface area contributed by atoms with Crippen LogP contribution in [0.1, 0.15) is 29.2 Å². The van der Waals surface area contributed by atoms with Gasteiger partial charge in [0.2, 0.25) is 0 Å². The second-order valence-corrected chi connectivity index (χ2v) is 6.17. The first-order valence-electron chi connectivity index (χ1n) is 6.94. The Balaban J connectivity index is 1.81. The molecule has 2 unspecified atom stereocenters. The maximum absolute atomic E-state index is 10.6. The predicted molar refractivity (Wildman–Crippen MR) is 86.4 cm³/mol. The molecule has 0 aliphatic heterocycles. The fourth-order valence-electron chi connectivity index (χ4n) is 2.74. The molecule has 0 heterocycles. The number of fused-ring (bicyclic) bond motifs is 1. The van der Waals surface area contributed by atoms with E-state index in [0.29, 0.717) is 0 Å². The van der Waals surface area contributed by atoms with Gasteiger partial charge in [-0.3, -0.25) is 0 Å². The van der Waals surface area contributed by atoms with Crippen LogP contribution in [-0.4, -0.2) is 5.11 Å². The third kappa shape index (κ3) is 2.87. The molecule has 0 aromatic heterocycles. The van der Waals surface area contributed by atoms with E-state index in [-0.39, 0.29) is 5.92 Å². The maximum atomic E-state index is 10.6. The second kappa shape index (κ2) is 5.94. The molecule has 2 heteroatoms. The van der Waals surface area contributed by atoms with Crippen LogP contribution in [0.3, 0.4) is 0 Å². The summed E-state index contributed by atoms with van der Waals surface area (Å²) in [6, 6.07) is 16.4. The highest BCUT2D eigenvalue weighted by Crippen LogP contribution is 2.31. The van der Waals surface area contributed by atoms with E-state index in [2.05, 4.69) is 52.3 Å². The highest BCUT2D eigenvalue weighted by Gasteiger charge is 2.20. The molecule has 0 radical (unpaired) electrons. The Bertz CT molecular complexity index is 616. The molecule has 0 fully saturated rings. The summed E-state index contributed by atoms with van der Waals surface area (Å²) in [5, 5.41) is 10.6. The monoisotopic (exact) mass is 328 g/mol. The molecule has 0 spiro atoms. The lowest BCUT2D eigenvalue weighted by Crippen LogP contribution is -2.10. The summed E-state index contributed by atoms with van der Waals surface area (Å²) in [6.45, 7) is 0. The number of aliphatic hydroxyl groups is 1. The van der Waals surface area contributed by atoms with Crippen LogP contribution in [0.2, 0.25) is 0 Å². The molecule has 2 aromatic rings. The first-order valence-corrected chi connectivity index (χ1v) is 7.73. The molecule has 102 valence electrons. The van der Waals surface area contributed by atoms with Crippen molar-refractivity contribution < 1.29 is 5.11 Å². The van der Waals surface area contributed by atoms with Crippen molar-refractivity contribution in [1.82, 2.24) is 0 Å². The van der Waals surface area contributed by atoms with E-state index in [1.165, 1.54) is 11.1 Å². The van der Waals surface area contributed by atoms with Crippen LogP contribution in [0, 0.1) is 5.92 Å². The van der Waals surface area contributed by atoms with Crippen LogP contribution in [0.15, 0.2) is 59.1 Å². The SMILES string of the molecule is OC(c1ccc(Br)cc1)C1C=Cc2ccccc2CC1. The van der Waals surface area contributed by atoms with Crippen molar-refractivity contribution in [2.45, 2.75) is 18.9 Å². The van der Waals surface area contributed by atoms with Crippen LogP contribution in [-0.2, 0) is 6.42 Å². The minimum atomic E-state index is -0.436. The molecule has 1 aliphatic rings. The number of hydrogen-bond donors (Lipinski definition) is 1. The van der Waals surface area contributed by atoms with E-state index in [0.717, 1.165) is 22.9 Å². The Hall–Kier alpha value is -1.38. The van der Waals surface area contributed by atoms with Gasteiger partial charge in [-0.05, 0) is 41.7 Å². The Labute approximate surface area is 128 Å². The lowest BCUT2D eigenvalue weighted by atomic mass is 9.91. The lowest BCUT2D eigenvalue weighted by molar-refractivity contribution is 0.127. The number of hydrogen-bond acceptors (Lipinski definition) is 1. The summed E-state index contributed by atoms with van der Waals surface area (Å²) in [7, 11) is 0. The maximum Gasteiger partial charge on any atom is 0.0852 e. The standard InChI is InChI=1S/C18H17BrO/c19-17-11-9-16(10-12-17)18(20)15-7-5-13-3-1-2-4-14(13)6-8-15/h1-5,7,9-12,15,18,20H,6,8H2. The van der Waals surface area contributed by atoms with Gasteiger partial charge in [0.05, 0.1) is 6.10 Å². The summed E-state index contributed by atoms with van der Waals surface area (Å²) in [5.74, 6) is 0.170. The first kappa shape index (κ1) is 13.6. The van der Waals surface area contributed by atoms with Gasteiger partial charge in [-0.15, -0.1) is 0 Å². The highest BCUT2D eigenvalue weighted by atomic mass is 79.9. The van der Waals surface area contributed by atoms with Crippen LogP contribution in [0.5, 0.6) is 0 Å². The average molecular weight is 329 g/mol. The number of halogens is 1. The number of aliphatic hydroxyl groups excluding tert-OH is 1. The highest BCUT2D eigenvalue weighted by molar-refractivity contribution is 9.10. The van der Waals surface area contributed by atoms with Crippen LogP contribution >= 0.6 is 15.9 Å². The van der Waals surface area contributed by atoms with Gasteiger partial charge in [0, 0.05) is 10.4 Å². The third-order valence-corrected chi connectivity index (χ3v) is 4.47. The molecule has 0 amide bonds. The molecule has 20 heavy (non-hydrogen) atoms. The van der Waals surface area contributed by atoms with E-state index in [9.17, 15) is 5.11 Å². The molecule has 1 N–H and O–H groups in total. The quantitative estimate of drug-likeness (QED) is 0.842. The lowest BCUT2D eigenvalue weighted by Gasteiger charge is -2.19. The van der Waals surface area contributed by atoms with Gasteiger partial charge in [-0.2, -0.15) is 0 Å². The van der Waals surface area contributed by atoms with Gasteiger partial charge >= 0.3 is 0 Å². The van der Waals surface area contributed by atoms with Crippen molar-refractivity contribution in [3.63, 3.8) is 0 Å². The Morgan fingerprint density at radius 1 is 1.05 bits per heavy atom. The minimum Gasteiger partial charge on any atom is -0.388 e. The molecule has 0 saturated heterocycles. The summed E-state index contributed by atoms with van der Waals surface area (Å²) < 4.78 is 1.04. The zero-order valence-corrected chi connectivity index (χ0v) is 12.8. The molecule has 2 aromatic carbocycles. The smallest absolute Gasteiger partial charge is 0.0852 e. The van der Waals surface area contributed by atoms with Gasteiger partial charge in [0.15, 0.2) is 0 Å². The van der Waals surface area contributed by atoms with Gasteiger partial charge in [-0.25, -0.2) is 0 Å². The van der Waals surface area contributed by atoms with Gasteiger partial charge in [0.25, 0.3) is 0 Å². The average Bonchev–Trinajstić information content (AvgIpc) is 2.70. The summed E-state index contributed by atoms with van der Waals surface area (Å²) in [4.78, 5) is 0. The fraction of sp³-hybridized carbons (Fsp3) is 0.222. The number of benzene rings is 2. The van der Waals surface area contributed by atoms with E-state index in [4.69, 9.17) is 0 Å². The van der Waals surface area contributed by atoms with Gasteiger partial charge in [0.1, 0.15) is 0 Å². The summed E-state index contributed by atoms with van der Waals surface area (Å²) >= 11 is 3.43. The van der Waals surface area contributed by atoms with E-state index >= 15 is 0 Å². The Morgan fingerprint density at radius 2 is 1.80 bits per heavy atom. The van der Waals surface area contributed by atoms with Crippen molar-refractivity contribution in [1.29, 1.82) is 0 Å². The molecular weight excluding hydrogens is 312 g/mol. The third-order valence-electron chi connectivity index (χ3n) is 3.94. The van der Waals surface area contributed by atoms with Crippen molar-refractivity contribution in [2.24, 2.45) is 5.92 Å². The number of aryl methyl sites for hydroxylation is 1. The van der Waals surface area contributed by atoms with E-state index < -0.39 is 6.10 Å². The normalized spacial score (nSPS) is 19.2. The van der Waals surface area contributed by atoms with Gasteiger partial charge in [-0.1, -0.05) is 64.5 Å². The summed E-state index contributed by atoms with van der Waals surface area (Å²) in [5.41, 5.74) is 3.63. The zero-order valence-electron chi connectivity index (χ0n) is 11.2. The molecule has 2 atom stereocenters. The minimum absolute atomic E-state index is 0.170. The van der Waals surface area contributed by atoms with Crippen molar-refractivity contribution in [2.75, 3.05) is 0 Å². The molecule has 3 rings (SSSR count). The molecule has 0 saturated carbocycles. The zero-order chi connectivity index (χ0) is 13.9. The van der Waals surface area contributed by atoms with Crippen molar-refractivity contribution in [3.05, 3.63) is 75.8 Å². The second-order valence-electron chi connectivity index (χ2n) is 5.26. The summed E-state index contributed by atoms with van der Waals surface area (Å²) in [6.07, 6.45) is 5.86. The van der Waals surface area contributed by atoms with Crippen LogP contribution in [0.4, 0.5) is 0 Å². The number of rotatable bonds is 2.